The Bertz CT molecular complexity index is 4640. The van der Waals surface area contributed by atoms with Crippen molar-refractivity contribution < 1.29 is 0 Å². The number of aromatic nitrogens is 1. The summed E-state index contributed by atoms with van der Waals surface area (Å²) in [5, 5.41) is 12.8. The van der Waals surface area contributed by atoms with Gasteiger partial charge in [0, 0.05) is 53.4 Å². The van der Waals surface area contributed by atoms with E-state index in [9.17, 15) is 0 Å². The van der Waals surface area contributed by atoms with Crippen LogP contribution < -0.4 is 4.90 Å². The molecular weight excluding hydrogens is 925 g/mol. The number of hydrogen-bond donors (Lipinski definition) is 0. The Kier molecular flexibility index (Phi) is 10.1. The van der Waals surface area contributed by atoms with Crippen molar-refractivity contribution in [3.05, 3.63) is 279 Å². The van der Waals surface area contributed by atoms with Crippen molar-refractivity contribution in [3.63, 3.8) is 0 Å². The second kappa shape index (κ2) is 17.6. The highest BCUT2D eigenvalue weighted by molar-refractivity contribution is 7.26. The van der Waals surface area contributed by atoms with Gasteiger partial charge in [0.1, 0.15) is 0 Å². The van der Waals surface area contributed by atoms with E-state index in [0.717, 1.165) is 39.4 Å². The molecule has 0 atom stereocenters. The zero-order valence-corrected chi connectivity index (χ0v) is 41.7. The summed E-state index contributed by atoms with van der Waals surface area (Å²) in [5.41, 5.74) is 16.2. The molecule has 350 valence electrons. The monoisotopic (exact) mass is 970 g/mol. The third-order valence-corrected chi connectivity index (χ3v) is 16.6. The van der Waals surface area contributed by atoms with E-state index in [0.29, 0.717) is 0 Å². The Labute approximate surface area is 438 Å². The normalized spacial score (nSPS) is 11.7. The number of rotatable bonds is 8. The van der Waals surface area contributed by atoms with Gasteiger partial charge in [-0.2, -0.15) is 0 Å². The van der Waals surface area contributed by atoms with Gasteiger partial charge >= 0.3 is 0 Å². The van der Waals surface area contributed by atoms with Gasteiger partial charge in [-0.15, -0.1) is 11.3 Å². The molecule has 2 nitrogen and oxygen atoms in total. The SMILES string of the molecule is c1ccc(-c2cc(-c3ccc4ccc5ccccc5c4c3)ccc2N(c2ccc(-c3ccc4c(c3)sc3c5ccccc5ccc43)cc2)c2ccc(-c3ccccc3-n3c4ccccc4c4ccccc43)cc2)cc1. The van der Waals surface area contributed by atoms with Crippen molar-refractivity contribution in [2.24, 2.45) is 0 Å². The van der Waals surface area contributed by atoms with E-state index >= 15 is 0 Å². The van der Waals surface area contributed by atoms with Crippen LogP contribution in [0.5, 0.6) is 0 Å². The van der Waals surface area contributed by atoms with E-state index in [1.165, 1.54) is 102 Å². The molecule has 0 saturated carbocycles. The van der Waals surface area contributed by atoms with E-state index < -0.39 is 0 Å². The van der Waals surface area contributed by atoms with Gasteiger partial charge in [-0.05, 0) is 132 Å². The second-order valence-electron chi connectivity index (χ2n) is 19.6. The molecule has 13 aromatic carbocycles. The molecule has 0 amide bonds. The number of thiophene rings is 1. The first-order valence-electron chi connectivity index (χ1n) is 25.7. The largest absolute Gasteiger partial charge is 0.310 e. The Morgan fingerprint density at radius 1 is 0.280 bits per heavy atom. The molecule has 0 N–H and O–H groups in total. The van der Waals surface area contributed by atoms with E-state index in [1.807, 2.05) is 11.3 Å². The molecule has 2 aromatic heterocycles. The summed E-state index contributed by atoms with van der Waals surface area (Å²) in [7, 11) is 0. The average Bonchev–Trinajstić information content (AvgIpc) is 4.05. The van der Waals surface area contributed by atoms with E-state index in [2.05, 4.69) is 289 Å². The summed E-state index contributed by atoms with van der Waals surface area (Å²) in [6.07, 6.45) is 0. The van der Waals surface area contributed by atoms with E-state index in [1.54, 1.807) is 0 Å². The third-order valence-electron chi connectivity index (χ3n) is 15.4. The standard InChI is InChI=1S/C72H46N2S/c1-2-14-48(15-3-1)66-45-54(53-29-28-52-27-26-49-16-4-6-18-58(49)65(52)44-53)36-43-70(66)73(56-37-30-47(31-38-56)55-35-41-63-64-42-34-50-17-5-7-20-60(50)72(64)75-71(63)46-55)57-39-32-51(33-40-57)59-19-8-11-23-67(59)74-68-24-12-9-21-61(68)62-22-10-13-25-69(62)74/h1-46H. The van der Waals surface area contributed by atoms with E-state index in [-0.39, 0.29) is 0 Å². The number of anilines is 3. The van der Waals surface area contributed by atoms with Crippen molar-refractivity contribution in [1.82, 2.24) is 4.57 Å². The van der Waals surface area contributed by atoms with Crippen LogP contribution in [-0.2, 0) is 0 Å². The van der Waals surface area contributed by atoms with Gasteiger partial charge < -0.3 is 9.47 Å². The van der Waals surface area contributed by atoms with Crippen LogP contribution in [0.1, 0.15) is 0 Å². The fraction of sp³-hybridized carbons (Fsp3) is 0. The molecule has 15 aromatic rings. The summed E-state index contributed by atoms with van der Waals surface area (Å²) < 4.78 is 5.08. The number of fused-ring (bicyclic) bond motifs is 11. The van der Waals surface area contributed by atoms with Gasteiger partial charge in [0.15, 0.2) is 0 Å². The molecule has 0 radical (unpaired) electrons. The zero-order valence-electron chi connectivity index (χ0n) is 40.9. The number of para-hydroxylation sites is 3. The number of nitrogens with zero attached hydrogens (tertiary/aromatic N) is 2. The zero-order chi connectivity index (χ0) is 49.4. The smallest absolute Gasteiger partial charge is 0.0541 e. The molecule has 0 aliphatic rings. The van der Waals surface area contributed by atoms with Gasteiger partial charge in [-0.3, -0.25) is 0 Å². The van der Waals surface area contributed by atoms with Crippen molar-refractivity contribution in [3.8, 4) is 50.2 Å². The molecule has 3 heteroatoms. The Morgan fingerprint density at radius 3 is 1.52 bits per heavy atom. The lowest BCUT2D eigenvalue weighted by Crippen LogP contribution is -2.11. The second-order valence-corrected chi connectivity index (χ2v) is 20.7. The lowest BCUT2D eigenvalue weighted by Gasteiger charge is -2.29. The maximum atomic E-state index is 2.44. The first kappa shape index (κ1) is 43.1. The maximum Gasteiger partial charge on any atom is 0.0541 e. The van der Waals surface area contributed by atoms with Crippen molar-refractivity contribution in [1.29, 1.82) is 0 Å². The first-order valence-corrected chi connectivity index (χ1v) is 26.5. The average molecular weight is 971 g/mol. The maximum absolute atomic E-state index is 2.44. The summed E-state index contributed by atoms with van der Waals surface area (Å²) >= 11 is 1.89. The van der Waals surface area contributed by atoms with Crippen molar-refractivity contribution in [2.75, 3.05) is 4.90 Å². The molecule has 0 bridgehead atoms. The number of hydrogen-bond acceptors (Lipinski definition) is 2. The number of benzene rings is 13. The molecule has 15 rings (SSSR count). The van der Waals surface area contributed by atoms with Gasteiger partial charge in [-0.25, -0.2) is 0 Å². The van der Waals surface area contributed by atoms with E-state index in [4.69, 9.17) is 0 Å². The van der Waals surface area contributed by atoms with Crippen LogP contribution in [0.25, 0.3) is 124 Å². The molecule has 75 heavy (non-hydrogen) atoms. The Morgan fingerprint density at radius 2 is 0.773 bits per heavy atom. The Balaban J connectivity index is 0.875. The minimum atomic E-state index is 1.07. The highest BCUT2D eigenvalue weighted by atomic mass is 32.1. The topological polar surface area (TPSA) is 8.17 Å². The first-order chi connectivity index (χ1) is 37.2. The van der Waals surface area contributed by atoms with Crippen LogP contribution in [0.2, 0.25) is 0 Å². The highest BCUT2D eigenvalue weighted by Crippen LogP contribution is 2.46. The fourth-order valence-electron chi connectivity index (χ4n) is 11.7. The van der Waals surface area contributed by atoms with Crippen LogP contribution in [0.3, 0.4) is 0 Å². The highest BCUT2D eigenvalue weighted by Gasteiger charge is 2.21. The van der Waals surface area contributed by atoms with Gasteiger partial charge in [-0.1, -0.05) is 212 Å². The van der Waals surface area contributed by atoms with Crippen molar-refractivity contribution in [2.45, 2.75) is 0 Å². The molecule has 0 saturated heterocycles. The minimum absolute atomic E-state index is 1.07. The molecule has 0 aliphatic heterocycles. The Hall–Kier alpha value is -9.54. The van der Waals surface area contributed by atoms with Crippen LogP contribution in [0.4, 0.5) is 17.1 Å². The fourth-order valence-corrected chi connectivity index (χ4v) is 13.0. The van der Waals surface area contributed by atoms with Crippen molar-refractivity contribution >= 4 is 103 Å². The van der Waals surface area contributed by atoms with Gasteiger partial charge in [0.2, 0.25) is 0 Å². The van der Waals surface area contributed by atoms with Gasteiger partial charge in [0.05, 0.1) is 22.4 Å². The molecule has 2 heterocycles. The molecule has 0 unspecified atom stereocenters. The van der Waals surface area contributed by atoms with Crippen LogP contribution in [0, 0.1) is 0 Å². The van der Waals surface area contributed by atoms with Crippen LogP contribution >= 0.6 is 11.3 Å². The molecule has 0 fully saturated rings. The summed E-state index contributed by atoms with van der Waals surface area (Å²) in [5.74, 6) is 0. The lowest BCUT2D eigenvalue weighted by atomic mass is 9.93. The quantitative estimate of drug-likeness (QED) is 0.138. The van der Waals surface area contributed by atoms with Gasteiger partial charge in [0.25, 0.3) is 0 Å². The summed E-state index contributed by atoms with van der Waals surface area (Å²) in [6.45, 7) is 0. The molecule has 0 aliphatic carbocycles. The molecular formula is C72H46N2S. The molecule has 0 spiro atoms. The lowest BCUT2D eigenvalue weighted by molar-refractivity contribution is 1.18. The summed E-state index contributed by atoms with van der Waals surface area (Å²) in [4.78, 5) is 2.44. The predicted molar refractivity (Wildman–Crippen MR) is 323 cm³/mol. The predicted octanol–water partition coefficient (Wildman–Crippen LogP) is 20.7. The van der Waals surface area contributed by atoms with Crippen LogP contribution in [-0.4, -0.2) is 4.57 Å². The third kappa shape index (κ3) is 7.23. The minimum Gasteiger partial charge on any atom is -0.310 e. The van der Waals surface area contributed by atoms with Crippen LogP contribution in [0.15, 0.2) is 279 Å². The summed E-state index contributed by atoms with van der Waals surface area (Å²) in [6, 6.07) is 103.